The Balaban J connectivity index is 1.51. The molecule has 0 saturated carbocycles. The van der Waals surface area contributed by atoms with Crippen LogP contribution in [0, 0.1) is 5.92 Å². The van der Waals surface area contributed by atoms with Gasteiger partial charge in [-0.25, -0.2) is 0 Å². The van der Waals surface area contributed by atoms with Crippen LogP contribution < -0.4 is 9.04 Å². The molecule has 0 radical (unpaired) electrons. The molecule has 0 spiro atoms. The first kappa shape index (κ1) is 23.2. The van der Waals surface area contributed by atoms with Crippen LogP contribution in [0.15, 0.2) is 47.9 Å². The molecule has 4 rings (SSSR count). The van der Waals surface area contributed by atoms with E-state index in [-0.39, 0.29) is 6.61 Å². The van der Waals surface area contributed by atoms with E-state index in [2.05, 4.69) is 55.1 Å². The van der Waals surface area contributed by atoms with Crippen molar-refractivity contribution in [3.63, 3.8) is 0 Å². The Morgan fingerprint density at radius 3 is 2.72 bits per heavy atom. The molecule has 2 aliphatic heterocycles. The third kappa shape index (κ3) is 5.33. The van der Waals surface area contributed by atoms with Crippen molar-refractivity contribution >= 4 is 23.2 Å². The predicted molar refractivity (Wildman–Crippen MR) is 133 cm³/mol. The van der Waals surface area contributed by atoms with Gasteiger partial charge in [0, 0.05) is 29.7 Å². The first-order valence-electron chi connectivity index (χ1n) is 11.8. The van der Waals surface area contributed by atoms with Crippen LogP contribution >= 0.6 is 11.9 Å². The van der Waals surface area contributed by atoms with Crippen LogP contribution in [0.3, 0.4) is 0 Å². The van der Waals surface area contributed by atoms with E-state index in [9.17, 15) is 5.11 Å². The molecule has 2 heterocycles. The summed E-state index contributed by atoms with van der Waals surface area (Å²) < 4.78 is 14.0. The lowest BCUT2D eigenvalue weighted by Gasteiger charge is -2.37. The summed E-state index contributed by atoms with van der Waals surface area (Å²) in [7, 11) is 0. The third-order valence-electron chi connectivity index (χ3n) is 6.58. The summed E-state index contributed by atoms with van der Waals surface area (Å²) in [5, 5.41) is 9.99. The van der Waals surface area contributed by atoms with E-state index in [1.54, 1.807) is 11.9 Å². The van der Waals surface area contributed by atoms with Crippen molar-refractivity contribution in [2.75, 3.05) is 24.1 Å². The zero-order valence-corrected chi connectivity index (χ0v) is 20.1. The Hall–Kier alpha value is -1.95. The van der Waals surface area contributed by atoms with Crippen molar-refractivity contribution < 1.29 is 14.6 Å². The molecule has 172 valence electrons. The lowest BCUT2D eigenvalue weighted by Crippen LogP contribution is -2.33. The van der Waals surface area contributed by atoms with Crippen LogP contribution in [0.2, 0.25) is 0 Å². The van der Waals surface area contributed by atoms with Crippen LogP contribution in [0.5, 0.6) is 5.75 Å². The number of hydrogen-bond donors (Lipinski definition) is 1. The van der Waals surface area contributed by atoms with Crippen LogP contribution in [-0.4, -0.2) is 31.0 Å². The van der Waals surface area contributed by atoms with Crippen LogP contribution in [-0.2, 0) is 17.8 Å². The molecule has 2 aromatic rings. The lowest BCUT2D eigenvalue weighted by atomic mass is 9.94. The van der Waals surface area contributed by atoms with Crippen molar-refractivity contribution in [3.05, 3.63) is 59.7 Å². The summed E-state index contributed by atoms with van der Waals surface area (Å²) in [4.78, 5) is 1.13. The maximum atomic E-state index is 9.99. The van der Waals surface area contributed by atoms with E-state index >= 15 is 0 Å². The van der Waals surface area contributed by atoms with Crippen LogP contribution in [0.25, 0.3) is 5.57 Å². The molecule has 0 amide bonds. The number of anilines is 1. The Morgan fingerprint density at radius 2 is 2.00 bits per heavy atom. The van der Waals surface area contributed by atoms with E-state index in [0.717, 1.165) is 67.1 Å². The van der Waals surface area contributed by atoms with Gasteiger partial charge in [-0.2, -0.15) is 0 Å². The van der Waals surface area contributed by atoms with Crippen LogP contribution in [0.4, 0.5) is 5.69 Å². The number of rotatable bonds is 8. The molecular weight excluding hydrogens is 418 g/mol. The molecule has 0 bridgehead atoms. The molecule has 2 aromatic carbocycles. The number of ether oxygens (including phenoxy) is 2. The number of benzene rings is 2. The minimum absolute atomic E-state index is 0.0206. The molecule has 4 nitrogen and oxygen atoms in total. The highest BCUT2D eigenvalue weighted by Crippen LogP contribution is 2.41. The first-order chi connectivity index (χ1) is 15.6. The summed E-state index contributed by atoms with van der Waals surface area (Å²) in [5.41, 5.74) is 5.86. The summed E-state index contributed by atoms with van der Waals surface area (Å²) in [6.45, 7) is 10.7. The molecule has 32 heavy (non-hydrogen) atoms. The highest BCUT2D eigenvalue weighted by molar-refractivity contribution is 8.00. The zero-order chi connectivity index (χ0) is 22.5. The topological polar surface area (TPSA) is 41.9 Å². The summed E-state index contributed by atoms with van der Waals surface area (Å²) in [5.74, 6) is 1.32. The highest BCUT2D eigenvalue weighted by Gasteiger charge is 2.27. The van der Waals surface area contributed by atoms with Crippen LogP contribution in [0.1, 0.15) is 56.2 Å². The quantitative estimate of drug-likeness (QED) is 0.478. The van der Waals surface area contributed by atoms with Crippen molar-refractivity contribution in [1.82, 2.24) is 0 Å². The lowest BCUT2D eigenvalue weighted by molar-refractivity contribution is 0.0494. The fourth-order valence-corrected chi connectivity index (χ4v) is 5.74. The van der Waals surface area contributed by atoms with Gasteiger partial charge < -0.3 is 18.9 Å². The average Bonchev–Trinajstić information content (AvgIpc) is 2.83. The van der Waals surface area contributed by atoms with Crippen molar-refractivity contribution in [2.24, 2.45) is 5.92 Å². The van der Waals surface area contributed by atoms with Gasteiger partial charge in [-0.05, 0) is 98.4 Å². The minimum atomic E-state index is -0.0206. The largest absolute Gasteiger partial charge is 0.493 e. The normalized spacial score (nSPS) is 19.0. The summed E-state index contributed by atoms with van der Waals surface area (Å²) >= 11 is 1.77. The number of hydrogen-bond acceptors (Lipinski definition) is 5. The van der Waals surface area contributed by atoms with Crippen molar-refractivity contribution in [1.29, 1.82) is 0 Å². The molecule has 5 heteroatoms. The molecule has 1 atom stereocenters. The molecule has 1 N–H and O–H groups in total. The molecule has 1 saturated heterocycles. The second-order valence-electron chi connectivity index (χ2n) is 8.94. The standard InChI is InChI=1S/C27H35NO3S/c1-4-24-7-5-22-15-21(19(2)3)6-9-26(22)28(24)32-25-8-10-27(23(16-25)17-29)31-18-20-11-13-30-14-12-20/h6,8-10,15-16,20,24,29H,2,4-5,7,11-14,17-18H2,1,3H3. The Labute approximate surface area is 196 Å². The second kappa shape index (κ2) is 10.8. The molecule has 1 unspecified atom stereocenters. The third-order valence-corrected chi connectivity index (χ3v) is 7.74. The van der Waals surface area contributed by atoms with Gasteiger partial charge in [0.05, 0.1) is 18.9 Å². The SMILES string of the molecule is C=C(C)c1ccc2c(c1)CCC(CC)N2Sc1ccc(OCC2CCOCC2)c(CO)c1. The van der Waals surface area contributed by atoms with Gasteiger partial charge in [0.25, 0.3) is 0 Å². The Kier molecular flexibility index (Phi) is 7.82. The van der Waals surface area contributed by atoms with Gasteiger partial charge >= 0.3 is 0 Å². The fraction of sp³-hybridized carbons (Fsp3) is 0.481. The van der Waals surface area contributed by atoms with E-state index < -0.39 is 0 Å². The molecule has 0 aliphatic carbocycles. The molecular formula is C27H35NO3S. The van der Waals surface area contributed by atoms with E-state index in [4.69, 9.17) is 9.47 Å². The second-order valence-corrected chi connectivity index (χ2v) is 9.98. The number of aliphatic hydroxyl groups excluding tert-OH is 1. The maximum absolute atomic E-state index is 9.99. The number of fused-ring (bicyclic) bond motifs is 1. The van der Waals surface area contributed by atoms with Gasteiger partial charge in [0.1, 0.15) is 5.75 Å². The van der Waals surface area contributed by atoms with Crippen molar-refractivity contribution in [3.8, 4) is 5.75 Å². The monoisotopic (exact) mass is 453 g/mol. The smallest absolute Gasteiger partial charge is 0.124 e. The molecule has 2 aliphatic rings. The number of allylic oxidation sites excluding steroid dienone is 1. The van der Waals surface area contributed by atoms with E-state index in [0.29, 0.717) is 18.6 Å². The number of aliphatic hydroxyl groups is 1. The predicted octanol–water partition coefficient (Wildman–Crippen LogP) is 6.26. The fourth-order valence-electron chi connectivity index (χ4n) is 4.51. The van der Waals surface area contributed by atoms with E-state index in [1.165, 1.54) is 16.8 Å². The number of nitrogens with zero attached hydrogens (tertiary/aromatic N) is 1. The Morgan fingerprint density at radius 1 is 1.19 bits per heavy atom. The summed E-state index contributed by atoms with van der Waals surface area (Å²) in [6.07, 6.45) is 5.44. The molecule has 1 fully saturated rings. The van der Waals surface area contributed by atoms with E-state index in [1.807, 2.05) is 6.07 Å². The average molecular weight is 454 g/mol. The summed E-state index contributed by atoms with van der Waals surface area (Å²) in [6, 6.07) is 13.4. The Bertz CT molecular complexity index is 938. The molecule has 0 aromatic heterocycles. The zero-order valence-electron chi connectivity index (χ0n) is 19.3. The van der Waals surface area contributed by atoms with Gasteiger partial charge in [-0.15, -0.1) is 0 Å². The van der Waals surface area contributed by atoms with Gasteiger partial charge in [-0.1, -0.05) is 25.1 Å². The van der Waals surface area contributed by atoms with Gasteiger partial charge in [-0.3, -0.25) is 0 Å². The highest BCUT2D eigenvalue weighted by atomic mass is 32.2. The number of aryl methyl sites for hydroxylation is 1. The first-order valence-corrected chi connectivity index (χ1v) is 12.6. The minimum Gasteiger partial charge on any atom is -0.493 e. The maximum Gasteiger partial charge on any atom is 0.124 e. The van der Waals surface area contributed by atoms with Gasteiger partial charge in [0.2, 0.25) is 0 Å². The van der Waals surface area contributed by atoms with Gasteiger partial charge in [0.15, 0.2) is 0 Å². The van der Waals surface area contributed by atoms with Crippen molar-refractivity contribution in [2.45, 2.75) is 63.5 Å².